The lowest BCUT2D eigenvalue weighted by Gasteiger charge is -2.25. The fraction of sp³-hybridized carbons (Fsp3) is 0.348. The SMILES string of the molecule is O=C(c1ccccc1-c1ncccn1)N1C2CCC1C(Cc1cnc(C(F)(F)F)cn1)C2. The van der Waals surface area contributed by atoms with Crippen molar-refractivity contribution in [2.45, 2.75) is 43.9 Å². The molecule has 1 amide bonds. The summed E-state index contributed by atoms with van der Waals surface area (Å²) >= 11 is 0. The third kappa shape index (κ3) is 3.72. The smallest absolute Gasteiger partial charge is 0.332 e. The number of carbonyl (C=O) groups is 1. The molecule has 164 valence electrons. The molecule has 2 aliphatic heterocycles. The summed E-state index contributed by atoms with van der Waals surface area (Å²) in [6.07, 6.45) is 3.87. The fourth-order valence-electron chi connectivity index (χ4n) is 4.97. The lowest BCUT2D eigenvalue weighted by atomic mass is 9.86. The van der Waals surface area contributed by atoms with E-state index in [0.717, 1.165) is 25.5 Å². The second-order valence-electron chi connectivity index (χ2n) is 8.22. The van der Waals surface area contributed by atoms with Gasteiger partial charge in [-0.25, -0.2) is 15.0 Å². The van der Waals surface area contributed by atoms with Crippen LogP contribution in [0.5, 0.6) is 0 Å². The number of amides is 1. The van der Waals surface area contributed by atoms with Crippen molar-refractivity contribution >= 4 is 5.91 Å². The molecule has 3 unspecified atom stereocenters. The van der Waals surface area contributed by atoms with Crippen LogP contribution in [0.1, 0.15) is 41.0 Å². The summed E-state index contributed by atoms with van der Waals surface area (Å²) in [4.78, 5) is 31.6. The highest BCUT2D eigenvalue weighted by atomic mass is 19.4. The van der Waals surface area contributed by atoms with Crippen molar-refractivity contribution in [1.29, 1.82) is 0 Å². The Morgan fingerprint density at radius 2 is 1.78 bits per heavy atom. The molecule has 0 aliphatic carbocycles. The zero-order chi connectivity index (χ0) is 22.3. The topological polar surface area (TPSA) is 71.9 Å². The molecule has 6 nitrogen and oxygen atoms in total. The summed E-state index contributed by atoms with van der Waals surface area (Å²) in [5.41, 5.74) is 0.770. The molecule has 4 heterocycles. The summed E-state index contributed by atoms with van der Waals surface area (Å²) in [5, 5.41) is 0. The Bertz CT molecular complexity index is 1120. The van der Waals surface area contributed by atoms with Gasteiger partial charge in [-0.15, -0.1) is 0 Å². The average molecular weight is 439 g/mol. The van der Waals surface area contributed by atoms with Crippen LogP contribution in [0.25, 0.3) is 11.4 Å². The van der Waals surface area contributed by atoms with E-state index in [1.165, 1.54) is 6.20 Å². The van der Waals surface area contributed by atoms with Crippen LogP contribution in [-0.2, 0) is 12.6 Å². The van der Waals surface area contributed by atoms with Gasteiger partial charge in [-0.2, -0.15) is 13.2 Å². The monoisotopic (exact) mass is 439 g/mol. The van der Waals surface area contributed by atoms with Gasteiger partial charge in [-0.3, -0.25) is 9.78 Å². The number of halogens is 3. The minimum Gasteiger partial charge on any atom is -0.332 e. The van der Waals surface area contributed by atoms with E-state index < -0.39 is 11.9 Å². The highest BCUT2D eigenvalue weighted by Crippen LogP contribution is 2.44. The first-order chi connectivity index (χ1) is 15.4. The van der Waals surface area contributed by atoms with Gasteiger partial charge in [0, 0.05) is 36.2 Å². The number of hydrogen-bond acceptors (Lipinski definition) is 5. The van der Waals surface area contributed by atoms with Crippen molar-refractivity contribution in [1.82, 2.24) is 24.8 Å². The molecular weight excluding hydrogens is 419 g/mol. The van der Waals surface area contributed by atoms with Crippen LogP contribution in [0.3, 0.4) is 0 Å². The Morgan fingerprint density at radius 1 is 1.00 bits per heavy atom. The lowest BCUT2D eigenvalue weighted by molar-refractivity contribution is -0.141. The van der Waals surface area contributed by atoms with Crippen LogP contribution in [0.4, 0.5) is 13.2 Å². The summed E-state index contributed by atoms with van der Waals surface area (Å²) in [6.45, 7) is 0. The Balaban J connectivity index is 1.36. The predicted octanol–water partition coefficient (Wildman–Crippen LogP) is 4.19. The number of aromatic nitrogens is 4. The molecule has 9 heteroatoms. The zero-order valence-corrected chi connectivity index (χ0v) is 17.0. The van der Waals surface area contributed by atoms with Crippen LogP contribution < -0.4 is 0 Å². The number of fused-ring (bicyclic) bond motifs is 2. The summed E-state index contributed by atoms with van der Waals surface area (Å²) in [6, 6.07) is 9.19. The van der Waals surface area contributed by atoms with Gasteiger partial charge in [0.15, 0.2) is 11.5 Å². The van der Waals surface area contributed by atoms with Gasteiger partial charge in [0.05, 0.1) is 17.5 Å². The molecule has 0 spiro atoms. The second-order valence-corrected chi connectivity index (χ2v) is 8.22. The Labute approximate surface area is 182 Å². The highest BCUT2D eigenvalue weighted by Gasteiger charge is 2.48. The molecule has 2 bridgehead atoms. The second kappa shape index (κ2) is 7.96. The quantitative estimate of drug-likeness (QED) is 0.610. The zero-order valence-electron chi connectivity index (χ0n) is 17.0. The van der Waals surface area contributed by atoms with Crippen LogP contribution in [0, 0.1) is 5.92 Å². The van der Waals surface area contributed by atoms with E-state index in [9.17, 15) is 18.0 Å². The first-order valence-electron chi connectivity index (χ1n) is 10.5. The van der Waals surface area contributed by atoms with E-state index in [2.05, 4.69) is 19.9 Å². The number of benzene rings is 1. The standard InChI is InChI=1S/C23H20F3N5O/c24-23(25,26)20-13-29-15(12-30-20)10-14-11-16-6-7-19(14)31(16)22(32)18-5-2-1-4-17(18)21-27-8-3-9-28-21/h1-5,8-9,12-14,16,19H,6-7,10-11H2. The van der Waals surface area contributed by atoms with Gasteiger partial charge in [0.1, 0.15) is 0 Å². The summed E-state index contributed by atoms with van der Waals surface area (Å²) < 4.78 is 38.2. The van der Waals surface area contributed by atoms with Gasteiger partial charge in [-0.1, -0.05) is 18.2 Å². The van der Waals surface area contributed by atoms with Crippen LogP contribution in [0.2, 0.25) is 0 Å². The highest BCUT2D eigenvalue weighted by molar-refractivity contribution is 6.00. The first-order valence-corrected chi connectivity index (χ1v) is 10.5. The molecule has 5 rings (SSSR count). The number of alkyl halides is 3. The molecule has 2 fully saturated rings. The van der Waals surface area contributed by atoms with Gasteiger partial charge < -0.3 is 4.90 Å². The van der Waals surface area contributed by atoms with Crippen molar-refractivity contribution in [3.8, 4) is 11.4 Å². The van der Waals surface area contributed by atoms with Gasteiger partial charge >= 0.3 is 6.18 Å². The maximum absolute atomic E-state index is 13.6. The third-order valence-corrected chi connectivity index (χ3v) is 6.33. The normalized spacial score (nSPS) is 22.3. The van der Waals surface area contributed by atoms with Crippen molar-refractivity contribution in [2.24, 2.45) is 5.92 Å². The number of nitrogens with zero attached hydrogens (tertiary/aromatic N) is 5. The molecule has 3 atom stereocenters. The molecular formula is C23H20F3N5O. The Kier molecular flexibility index (Phi) is 5.11. The molecule has 0 saturated carbocycles. The Hall–Kier alpha value is -3.36. The van der Waals surface area contributed by atoms with E-state index in [4.69, 9.17) is 0 Å². The molecule has 3 aromatic rings. The number of carbonyl (C=O) groups excluding carboxylic acids is 1. The van der Waals surface area contributed by atoms with Crippen molar-refractivity contribution in [3.05, 3.63) is 72.1 Å². The molecule has 1 aromatic carbocycles. The molecule has 0 N–H and O–H groups in total. The average Bonchev–Trinajstić information content (AvgIpc) is 3.37. The van der Waals surface area contributed by atoms with Gasteiger partial charge in [-0.05, 0) is 43.7 Å². The van der Waals surface area contributed by atoms with Crippen LogP contribution >= 0.6 is 0 Å². The summed E-state index contributed by atoms with van der Waals surface area (Å²) in [7, 11) is 0. The molecule has 2 aromatic heterocycles. The fourth-order valence-corrected chi connectivity index (χ4v) is 4.97. The first kappa shape index (κ1) is 20.5. The van der Waals surface area contributed by atoms with E-state index in [0.29, 0.717) is 29.1 Å². The maximum Gasteiger partial charge on any atom is 0.434 e. The van der Waals surface area contributed by atoms with E-state index in [-0.39, 0.29) is 23.9 Å². The lowest BCUT2D eigenvalue weighted by Crippen LogP contribution is -2.37. The van der Waals surface area contributed by atoms with Crippen molar-refractivity contribution in [3.63, 3.8) is 0 Å². The summed E-state index contributed by atoms with van der Waals surface area (Å²) in [5.74, 6) is 0.588. The molecule has 32 heavy (non-hydrogen) atoms. The van der Waals surface area contributed by atoms with Crippen LogP contribution in [-0.4, -0.2) is 42.8 Å². The minimum atomic E-state index is -4.50. The van der Waals surface area contributed by atoms with E-state index >= 15 is 0 Å². The molecule has 0 radical (unpaired) electrons. The van der Waals surface area contributed by atoms with E-state index in [1.54, 1.807) is 24.5 Å². The van der Waals surface area contributed by atoms with Gasteiger partial charge in [0.25, 0.3) is 5.91 Å². The molecule has 2 aliphatic rings. The third-order valence-electron chi connectivity index (χ3n) is 6.33. The van der Waals surface area contributed by atoms with E-state index in [1.807, 2.05) is 23.1 Å². The number of rotatable bonds is 4. The maximum atomic E-state index is 13.6. The van der Waals surface area contributed by atoms with Gasteiger partial charge in [0.2, 0.25) is 0 Å². The largest absolute Gasteiger partial charge is 0.434 e. The van der Waals surface area contributed by atoms with Crippen LogP contribution in [0.15, 0.2) is 55.1 Å². The van der Waals surface area contributed by atoms with Crippen molar-refractivity contribution in [2.75, 3.05) is 0 Å². The number of hydrogen-bond donors (Lipinski definition) is 0. The van der Waals surface area contributed by atoms with Crippen molar-refractivity contribution < 1.29 is 18.0 Å². The minimum absolute atomic E-state index is 0.0290. The Morgan fingerprint density at radius 3 is 2.50 bits per heavy atom. The predicted molar refractivity (Wildman–Crippen MR) is 109 cm³/mol. The molecule has 2 saturated heterocycles.